The van der Waals surface area contributed by atoms with Gasteiger partial charge in [-0.3, -0.25) is 14.6 Å². The normalized spacial score (nSPS) is 19.4. The molecule has 100 valence electrons. The Hall–Kier alpha value is -1.91. The molecule has 0 aromatic carbocycles. The van der Waals surface area contributed by atoms with E-state index in [9.17, 15) is 9.59 Å². The lowest BCUT2D eigenvalue weighted by molar-refractivity contribution is -0.134. The second kappa shape index (κ2) is 4.99. The summed E-state index contributed by atoms with van der Waals surface area (Å²) >= 11 is 0. The van der Waals surface area contributed by atoms with Gasteiger partial charge in [-0.15, -0.1) is 0 Å². The Morgan fingerprint density at radius 3 is 2.16 bits per heavy atom. The highest BCUT2D eigenvalue weighted by molar-refractivity contribution is 5.94. The zero-order chi connectivity index (χ0) is 13.2. The number of carbonyl (C=O) groups is 2. The van der Waals surface area contributed by atoms with Gasteiger partial charge >= 0.3 is 0 Å². The smallest absolute Gasteiger partial charge is 0.254 e. The molecule has 0 unspecified atom stereocenters. The maximum absolute atomic E-state index is 12.2. The summed E-state index contributed by atoms with van der Waals surface area (Å²) < 4.78 is 0. The quantitative estimate of drug-likeness (QED) is 0.788. The zero-order valence-corrected chi connectivity index (χ0v) is 10.8. The molecule has 0 spiro atoms. The minimum Gasteiger partial charge on any atom is -0.339 e. The fourth-order valence-electron chi connectivity index (χ4n) is 2.40. The van der Waals surface area contributed by atoms with E-state index in [1.54, 1.807) is 24.5 Å². The molecule has 5 heteroatoms. The molecular weight excluding hydrogens is 242 g/mol. The largest absolute Gasteiger partial charge is 0.339 e. The van der Waals surface area contributed by atoms with Crippen LogP contribution >= 0.6 is 0 Å². The first-order chi connectivity index (χ1) is 9.25. The lowest BCUT2D eigenvalue weighted by Crippen LogP contribution is -2.51. The van der Waals surface area contributed by atoms with Crippen LogP contribution in [0.2, 0.25) is 0 Å². The third-order valence-corrected chi connectivity index (χ3v) is 3.73. The molecule has 2 fully saturated rings. The fraction of sp³-hybridized carbons (Fsp3) is 0.500. The van der Waals surface area contributed by atoms with Gasteiger partial charge in [0.25, 0.3) is 5.91 Å². The maximum atomic E-state index is 12.2. The summed E-state index contributed by atoms with van der Waals surface area (Å²) in [5.74, 6) is 0.569. The molecule has 1 saturated heterocycles. The number of pyridine rings is 1. The Labute approximate surface area is 112 Å². The molecule has 19 heavy (non-hydrogen) atoms. The molecule has 0 radical (unpaired) electrons. The maximum Gasteiger partial charge on any atom is 0.254 e. The van der Waals surface area contributed by atoms with E-state index in [0.29, 0.717) is 31.7 Å². The van der Waals surface area contributed by atoms with Gasteiger partial charge in [0.2, 0.25) is 5.91 Å². The molecule has 0 N–H and O–H groups in total. The van der Waals surface area contributed by atoms with Crippen molar-refractivity contribution in [3.63, 3.8) is 0 Å². The third kappa shape index (κ3) is 2.59. The molecule has 2 heterocycles. The molecule has 0 atom stereocenters. The number of nitrogens with zero attached hydrogens (tertiary/aromatic N) is 3. The van der Waals surface area contributed by atoms with E-state index in [-0.39, 0.29) is 17.7 Å². The Balaban J connectivity index is 1.58. The highest BCUT2D eigenvalue weighted by Crippen LogP contribution is 2.31. The topological polar surface area (TPSA) is 53.5 Å². The summed E-state index contributed by atoms with van der Waals surface area (Å²) in [5.41, 5.74) is 0.664. The molecule has 2 aliphatic rings. The van der Waals surface area contributed by atoms with E-state index < -0.39 is 0 Å². The second-order valence-electron chi connectivity index (χ2n) is 5.13. The molecular formula is C14H17N3O2. The standard InChI is InChI=1S/C14H17N3O2/c18-13(11-1-2-11)16-7-9-17(10-8-16)14(19)12-3-5-15-6-4-12/h3-6,11H,1-2,7-10H2. The number of hydrogen-bond donors (Lipinski definition) is 0. The van der Waals surface area contributed by atoms with Crippen molar-refractivity contribution in [1.29, 1.82) is 0 Å². The molecule has 0 bridgehead atoms. The fourth-order valence-corrected chi connectivity index (χ4v) is 2.40. The minimum atomic E-state index is 0.0286. The zero-order valence-electron chi connectivity index (χ0n) is 10.8. The van der Waals surface area contributed by atoms with Crippen LogP contribution in [0.15, 0.2) is 24.5 Å². The van der Waals surface area contributed by atoms with E-state index in [1.165, 1.54) is 0 Å². The molecule has 3 rings (SSSR count). The van der Waals surface area contributed by atoms with Gasteiger partial charge in [-0.05, 0) is 25.0 Å². The van der Waals surface area contributed by atoms with Crippen LogP contribution in [0, 0.1) is 5.92 Å². The van der Waals surface area contributed by atoms with E-state index >= 15 is 0 Å². The van der Waals surface area contributed by atoms with Crippen LogP contribution in [-0.2, 0) is 4.79 Å². The van der Waals surface area contributed by atoms with Gasteiger partial charge in [0.1, 0.15) is 0 Å². The van der Waals surface area contributed by atoms with Crippen LogP contribution in [0.3, 0.4) is 0 Å². The van der Waals surface area contributed by atoms with Crippen molar-refractivity contribution >= 4 is 11.8 Å². The summed E-state index contributed by atoms with van der Waals surface area (Å²) in [6.45, 7) is 2.57. The van der Waals surface area contributed by atoms with Crippen LogP contribution in [0.1, 0.15) is 23.2 Å². The van der Waals surface area contributed by atoms with Crippen molar-refractivity contribution in [1.82, 2.24) is 14.8 Å². The van der Waals surface area contributed by atoms with Crippen molar-refractivity contribution in [3.05, 3.63) is 30.1 Å². The van der Waals surface area contributed by atoms with Crippen LogP contribution in [0.4, 0.5) is 0 Å². The summed E-state index contributed by atoms with van der Waals surface area (Å²) in [5, 5.41) is 0. The third-order valence-electron chi connectivity index (χ3n) is 3.73. The Morgan fingerprint density at radius 1 is 1.00 bits per heavy atom. The SMILES string of the molecule is O=C(c1ccncc1)N1CCN(C(=O)C2CC2)CC1. The monoisotopic (exact) mass is 259 g/mol. The van der Waals surface area contributed by atoms with Crippen LogP contribution in [0.5, 0.6) is 0 Å². The van der Waals surface area contributed by atoms with Crippen molar-refractivity contribution in [2.75, 3.05) is 26.2 Å². The first kappa shape index (κ1) is 12.1. The summed E-state index contributed by atoms with van der Waals surface area (Å²) in [6, 6.07) is 3.45. The highest BCUT2D eigenvalue weighted by atomic mass is 16.2. The van der Waals surface area contributed by atoms with E-state index in [1.807, 2.05) is 9.80 Å². The molecule has 1 aliphatic carbocycles. The number of hydrogen-bond acceptors (Lipinski definition) is 3. The average molecular weight is 259 g/mol. The molecule has 1 saturated carbocycles. The molecule has 1 aliphatic heterocycles. The second-order valence-corrected chi connectivity index (χ2v) is 5.13. The van der Waals surface area contributed by atoms with Gasteiger partial charge in [0.15, 0.2) is 0 Å². The molecule has 5 nitrogen and oxygen atoms in total. The van der Waals surface area contributed by atoms with Crippen molar-refractivity contribution in [3.8, 4) is 0 Å². The Bertz CT molecular complexity index is 477. The summed E-state index contributed by atoms with van der Waals surface area (Å²) in [4.78, 5) is 31.8. The van der Waals surface area contributed by atoms with Crippen LogP contribution in [-0.4, -0.2) is 52.8 Å². The molecule has 2 amide bonds. The van der Waals surface area contributed by atoms with Crippen molar-refractivity contribution < 1.29 is 9.59 Å². The van der Waals surface area contributed by atoms with Gasteiger partial charge in [-0.25, -0.2) is 0 Å². The Kier molecular flexibility index (Phi) is 3.19. The van der Waals surface area contributed by atoms with Gasteiger partial charge < -0.3 is 9.80 Å². The number of amides is 2. The first-order valence-corrected chi connectivity index (χ1v) is 6.74. The van der Waals surface area contributed by atoms with Gasteiger partial charge in [-0.1, -0.05) is 0 Å². The lowest BCUT2D eigenvalue weighted by atomic mass is 10.2. The lowest BCUT2D eigenvalue weighted by Gasteiger charge is -2.35. The van der Waals surface area contributed by atoms with Gasteiger partial charge in [0, 0.05) is 50.1 Å². The number of rotatable bonds is 2. The number of aromatic nitrogens is 1. The van der Waals surface area contributed by atoms with Gasteiger partial charge in [0.05, 0.1) is 0 Å². The minimum absolute atomic E-state index is 0.0286. The highest BCUT2D eigenvalue weighted by Gasteiger charge is 2.35. The summed E-state index contributed by atoms with van der Waals surface area (Å²) in [6.07, 6.45) is 5.32. The van der Waals surface area contributed by atoms with E-state index in [2.05, 4.69) is 4.98 Å². The van der Waals surface area contributed by atoms with Gasteiger partial charge in [-0.2, -0.15) is 0 Å². The first-order valence-electron chi connectivity index (χ1n) is 6.74. The van der Waals surface area contributed by atoms with Crippen LogP contribution in [0.25, 0.3) is 0 Å². The number of piperazine rings is 1. The summed E-state index contributed by atoms with van der Waals surface area (Å²) in [7, 11) is 0. The predicted molar refractivity (Wildman–Crippen MR) is 69.4 cm³/mol. The van der Waals surface area contributed by atoms with E-state index in [4.69, 9.17) is 0 Å². The van der Waals surface area contributed by atoms with Crippen molar-refractivity contribution in [2.24, 2.45) is 5.92 Å². The van der Waals surface area contributed by atoms with Crippen molar-refractivity contribution in [2.45, 2.75) is 12.8 Å². The molecule has 1 aromatic rings. The average Bonchev–Trinajstić information content (AvgIpc) is 3.31. The molecule has 1 aromatic heterocycles. The predicted octanol–water partition coefficient (Wildman–Crippen LogP) is 0.776. The Morgan fingerprint density at radius 2 is 1.58 bits per heavy atom. The number of carbonyl (C=O) groups excluding carboxylic acids is 2. The van der Waals surface area contributed by atoms with Crippen LogP contribution < -0.4 is 0 Å². The van der Waals surface area contributed by atoms with E-state index in [0.717, 1.165) is 12.8 Å².